The molecule has 2 aliphatic heterocycles. The quantitative estimate of drug-likeness (QED) is 0.832. The molecule has 3 rings (SSSR count). The molecular weight excluding hydrogens is 248 g/mol. The lowest BCUT2D eigenvalue weighted by Crippen LogP contribution is -3.12. The highest BCUT2D eigenvalue weighted by molar-refractivity contribution is 5.03. The molecule has 1 N–H and O–H groups in total. The number of quaternary nitrogens is 1. The van der Waals surface area contributed by atoms with Gasteiger partial charge in [-0.15, -0.1) is 0 Å². The first kappa shape index (κ1) is 14.0. The number of rotatable bonds is 3. The van der Waals surface area contributed by atoms with E-state index in [-0.39, 0.29) is 0 Å². The normalized spacial score (nSPS) is 24.1. The molecule has 0 saturated carbocycles. The summed E-state index contributed by atoms with van der Waals surface area (Å²) in [5, 5.41) is 0. The van der Waals surface area contributed by atoms with Gasteiger partial charge in [0, 0.05) is 45.0 Å². The first-order chi connectivity index (χ1) is 9.81. The summed E-state index contributed by atoms with van der Waals surface area (Å²) in [6, 6.07) is 7.03. The summed E-state index contributed by atoms with van der Waals surface area (Å²) >= 11 is 0. The van der Waals surface area contributed by atoms with Crippen LogP contribution in [0.15, 0.2) is 24.4 Å². The molecule has 2 fully saturated rings. The molecule has 2 aliphatic rings. The highest BCUT2D eigenvalue weighted by Gasteiger charge is 2.27. The van der Waals surface area contributed by atoms with Crippen LogP contribution < -0.4 is 4.90 Å². The molecule has 0 unspecified atom stereocenters. The Morgan fingerprint density at radius 1 is 1.15 bits per heavy atom. The molecule has 0 bridgehead atoms. The molecule has 2 saturated heterocycles. The van der Waals surface area contributed by atoms with Gasteiger partial charge in [0.25, 0.3) is 0 Å². The highest BCUT2D eigenvalue weighted by Crippen LogP contribution is 2.17. The number of nitrogens with zero attached hydrogens (tertiary/aromatic N) is 3. The van der Waals surface area contributed by atoms with Crippen molar-refractivity contribution in [3.05, 3.63) is 30.1 Å². The van der Waals surface area contributed by atoms with Crippen LogP contribution in [0.2, 0.25) is 0 Å². The molecule has 0 aromatic carbocycles. The molecule has 0 atom stereocenters. The molecule has 0 radical (unpaired) electrons. The Morgan fingerprint density at radius 2 is 1.90 bits per heavy atom. The standard InChI is InChI=1S/C16H26N4/c1-18-10-12-20(13-11-18)16-5-8-19(9-6-16)14-15-4-2-3-7-17-15/h2-4,7,16H,5-6,8-14H2,1H3/p+1. The number of hydrogen-bond acceptors (Lipinski definition) is 3. The second kappa shape index (κ2) is 6.66. The van der Waals surface area contributed by atoms with Gasteiger partial charge in [0.05, 0.1) is 25.8 Å². The summed E-state index contributed by atoms with van der Waals surface area (Å²) < 4.78 is 0. The van der Waals surface area contributed by atoms with Crippen LogP contribution in [0, 0.1) is 0 Å². The zero-order valence-corrected chi connectivity index (χ0v) is 12.6. The predicted octanol–water partition coefficient (Wildman–Crippen LogP) is -0.124. The third-order valence-corrected chi connectivity index (χ3v) is 4.84. The van der Waals surface area contributed by atoms with Gasteiger partial charge in [0.15, 0.2) is 0 Å². The van der Waals surface area contributed by atoms with E-state index < -0.39 is 0 Å². The van der Waals surface area contributed by atoms with Gasteiger partial charge < -0.3 is 4.90 Å². The van der Waals surface area contributed by atoms with Crippen molar-refractivity contribution >= 4 is 0 Å². The van der Waals surface area contributed by atoms with Crippen molar-refractivity contribution in [1.82, 2.24) is 14.8 Å². The van der Waals surface area contributed by atoms with Crippen LogP contribution >= 0.6 is 0 Å². The van der Waals surface area contributed by atoms with Crippen molar-refractivity contribution in [3.63, 3.8) is 0 Å². The topological polar surface area (TPSA) is 23.8 Å². The summed E-state index contributed by atoms with van der Waals surface area (Å²) in [6.45, 7) is 8.66. The average molecular weight is 275 g/mol. The third-order valence-electron chi connectivity index (χ3n) is 4.84. The Kier molecular flexibility index (Phi) is 4.65. The van der Waals surface area contributed by atoms with E-state index in [9.17, 15) is 0 Å². The lowest BCUT2D eigenvalue weighted by molar-refractivity contribution is -0.884. The van der Waals surface area contributed by atoms with E-state index in [0.29, 0.717) is 0 Å². The molecule has 1 aromatic heterocycles. The van der Waals surface area contributed by atoms with Crippen LogP contribution in [0.4, 0.5) is 0 Å². The fourth-order valence-corrected chi connectivity index (χ4v) is 3.43. The van der Waals surface area contributed by atoms with E-state index in [0.717, 1.165) is 12.6 Å². The number of piperazine rings is 1. The van der Waals surface area contributed by atoms with Gasteiger partial charge in [-0.2, -0.15) is 0 Å². The van der Waals surface area contributed by atoms with Gasteiger partial charge in [0.1, 0.15) is 0 Å². The Morgan fingerprint density at radius 3 is 2.55 bits per heavy atom. The van der Waals surface area contributed by atoms with E-state index >= 15 is 0 Å². The Bertz CT molecular complexity index is 392. The second-order valence-corrected chi connectivity index (χ2v) is 6.32. The number of likely N-dealkylation sites (N-methyl/N-ethyl adjacent to an activating group) is 1. The fraction of sp³-hybridized carbons (Fsp3) is 0.688. The van der Waals surface area contributed by atoms with E-state index in [4.69, 9.17) is 0 Å². The minimum absolute atomic E-state index is 0.822. The third kappa shape index (κ3) is 3.57. The van der Waals surface area contributed by atoms with E-state index in [1.807, 2.05) is 12.3 Å². The van der Waals surface area contributed by atoms with Crippen molar-refractivity contribution in [1.29, 1.82) is 0 Å². The van der Waals surface area contributed by atoms with E-state index in [2.05, 4.69) is 34.0 Å². The molecule has 4 nitrogen and oxygen atoms in total. The largest absolute Gasteiger partial charge is 0.335 e. The number of hydrogen-bond donors (Lipinski definition) is 1. The predicted molar refractivity (Wildman–Crippen MR) is 80.7 cm³/mol. The Balaban J connectivity index is 1.45. The number of piperidine rings is 1. The summed E-state index contributed by atoms with van der Waals surface area (Å²) in [7, 11) is 2.31. The SMILES string of the molecule is C[NH+]1CCN(C2CCN(Cc3ccccn3)CC2)CC1. The molecule has 1 aromatic rings. The van der Waals surface area contributed by atoms with E-state index in [1.165, 1.54) is 57.8 Å². The zero-order valence-electron chi connectivity index (χ0n) is 12.6. The van der Waals surface area contributed by atoms with Crippen LogP contribution in [-0.4, -0.2) is 67.1 Å². The first-order valence-corrected chi connectivity index (χ1v) is 7.99. The van der Waals surface area contributed by atoms with Gasteiger partial charge in [-0.05, 0) is 25.0 Å². The van der Waals surface area contributed by atoms with Crippen molar-refractivity contribution < 1.29 is 4.90 Å². The summed E-state index contributed by atoms with van der Waals surface area (Å²) in [5.74, 6) is 0. The molecule has 0 aliphatic carbocycles. The number of nitrogens with one attached hydrogen (secondary N) is 1. The maximum atomic E-state index is 4.44. The monoisotopic (exact) mass is 275 g/mol. The van der Waals surface area contributed by atoms with Crippen molar-refractivity contribution in [2.24, 2.45) is 0 Å². The van der Waals surface area contributed by atoms with Gasteiger partial charge in [-0.3, -0.25) is 14.8 Å². The molecule has 3 heterocycles. The molecular formula is C16H27N4+. The minimum atomic E-state index is 0.822. The lowest BCUT2D eigenvalue weighted by atomic mass is 10.0. The molecule has 4 heteroatoms. The van der Waals surface area contributed by atoms with Crippen LogP contribution in [0.25, 0.3) is 0 Å². The van der Waals surface area contributed by atoms with Crippen LogP contribution in [-0.2, 0) is 6.54 Å². The summed E-state index contributed by atoms with van der Waals surface area (Å²) in [6.07, 6.45) is 4.55. The highest BCUT2D eigenvalue weighted by atomic mass is 15.3. The maximum Gasteiger partial charge on any atom is 0.0898 e. The lowest BCUT2D eigenvalue weighted by Gasteiger charge is -2.40. The molecule has 20 heavy (non-hydrogen) atoms. The second-order valence-electron chi connectivity index (χ2n) is 6.32. The van der Waals surface area contributed by atoms with Crippen LogP contribution in [0.3, 0.4) is 0 Å². The Labute approximate surface area is 122 Å². The zero-order chi connectivity index (χ0) is 13.8. The van der Waals surface area contributed by atoms with Crippen molar-refractivity contribution in [3.8, 4) is 0 Å². The Hall–Kier alpha value is -0.970. The van der Waals surface area contributed by atoms with Gasteiger partial charge in [0.2, 0.25) is 0 Å². The van der Waals surface area contributed by atoms with Crippen LogP contribution in [0.5, 0.6) is 0 Å². The first-order valence-electron chi connectivity index (χ1n) is 7.99. The number of aromatic nitrogens is 1. The fourth-order valence-electron chi connectivity index (χ4n) is 3.43. The van der Waals surface area contributed by atoms with Gasteiger partial charge >= 0.3 is 0 Å². The molecule has 0 amide bonds. The smallest absolute Gasteiger partial charge is 0.0898 e. The summed E-state index contributed by atoms with van der Waals surface area (Å²) in [5.41, 5.74) is 1.20. The van der Waals surface area contributed by atoms with Crippen molar-refractivity contribution in [2.45, 2.75) is 25.4 Å². The maximum absolute atomic E-state index is 4.44. The average Bonchev–Trinajstić information content (AvgIpc) is 2.50. The van der Waals surface area contributed by atoms with Gasteiger partial charge in [-0.25, -0.2) is 0 Å². The number of pyridine rings is 1. The minimum Gasteiger partial charge on any atom is -0.335 e. The molecule has 0 spiro atoms. The van der Waals surface area contributed by atoms with Gasteiger partial charge in [-0.1, -0.05) is 6.07 Å². The summed E-state index contributed by atoms with van der Waals surface area (Å²) in [4.78, 5) is 11.4. The number of likely N-dealkylation sites (tertiary alicyclic amines) is 1. The van der Waals surface area contributed by atoms with E-state index in [1.54, 1.807) is 4.90 Å². The van der Waals surface area contributed by atoms with Crippen LogP contribution in [0.1, 0.15) is 18.5 Å². The molecule has 110 valence electrons. The van der Waals surface area contributed by atoms with Crippen molar-refractivity contribution in [2.75, 3.05) is 46.3 Å².